The summed E-state index contributed by atoms with van der Waals surface area (Å²) in [4.78, 5) is 9.18. The number of guanidine groups is 1. The Bertz CT molecular complexity index is 607. The van der Waals surface area contributed by atoms with Crippen LogP contribution in [0.15, 0.2) is 23.2 Å². The van der Waals surface area contributed by atoms with Crippen LogP contribution in [0.3, 0.4) is 0 Å². The molecule has 140 valence electrons. The van der Waals surface area contributed by atoms with Crippen molar-refractivity contribution in [3.05, 3.63) is 33.8 Å². The van der Waals surface area contributed by atoms with Crippen LogP contribution in [0.2, 0.25) is 10.0 Å². The standard InChI is InChI=1S/C18H26Cl2N4.HI/c1-21-18(22-10-14-7-8-24(12-14)15-4-5-15)23(2)11-13-3-6-16(19)17(20)9-13;/h3,6,9,14-15H,4-5,7-8,10-12H2,1-2H3,(H,21,22);1H. The third kappa shape index (κ3) is 5.88. The van der Waals surface area contributed by atoms with Crippen molar-refractivity contribution in [1.82, 2.24) is 15.1 Å². The number of halogens is 3. The summed E-state index contributed by atoms with van der Waals surface area (Å²) in [7, 11) is 3.88. The van der Waals surface area contributed by atoms with Crippen molar-refractivity contribution in [3.63, 3.8) is 0 Å². The summed E-state index contributed by atoms with van der Waals surface area (Å²) < 4.78 is 0. The second kappa shape index (κ2) is 9.62. The van der Waals surface area contributed by atoms with Crippen molar-refractivity contribution in [3.8, 4) is 0 Å². The van der Waals surface area contributed by atoms with Gasteiger partial charge in [-0.25, -0.2) is 0 Å². The summed E-state index contributed by atoms with van der Waals surface area (Å²) in [6, 6.07) is 6.64. The zero-order chi connectivity index (χ0) is 17.1. The van der Waals surface area contributed by atoms with Crippen LogP contribution in [0.25, 0.3) is 0 Å². The van der Waals surface area contributed by atoms with E-state index in [1.807, 2.05) is 32.3 Å². The number of rotatable bonds is 5. The lowest BCUT2D eigenvalue weighted by molar-refractivity contribution is 0.313. The molecule has 1 aliphatic carbocycles. The molecule has 4 nitrogen and oxygen atoms in total. The van der Waals surface area contributed by atoms with E-state index < -0.39 is 0 Å². The molecule has 0 spiro atoms. The SMILES string of the molecule is CN=C(NCC1CCN(C2CC2)C1)N(C)Cc1ccc(Cl)c(Cl)c1.I. The number of nitrogens with zero attached hydrogens (tertiary/aromatic N) is 3. The minimum atomic E-state index is 0. The van der Waals surface area contributed by atoms with Gasteiger partial charge in [0, 0.05) is 39.8 Å². The Labute approximate surface area is 178 Å². The molecule has 0 radical (unpaired) electrons. The van der Waals surface area contributed by atoms with E-state index in [2.05, 4.69) is 20.1 Å². The number of benzene rings is 1. The van der Waals surface area contributed by atoms with Gasteiger partial charge < -0.3 is 15.1 Å². The minimum absolute atomic E-state index is 0. The van der Waals surface area contributed by atoms with E-state index in [1.165, 1.54) is 32.4 Å². The van der Waals surface area contributed by atoms with Gasteiger partial charge in [-0.05, 0) is 49.4 Å². The van der Waals surface area contributed by atoms with Crippen LogP contribution >= 0.6 is 47.2 Å². The molecule has 0 aromatic heterocycles. The molecular weight excluding hydrogens is 470 g/mol. The normalized spacial score (nSPS) is 21.1. The highest BCUT2D eigenvalue weighted by Crippen LogP contribution is 2.31. The van der Waals surface area contributed by atoms with Crippen LogP contribution in [0.5, 0.6) is 0 Å². The number of nitrogens with one attached hydrogen (secondary N) is 1. The molecule has 3 rings (SSSR count). The minimum Gasteiger partial charge on any atom is -0.356 e. The van der Waals surface area contributed by atoms with Crippen LogP contribution in [-0.2, 0) is 6.54 Å². The Morgan fingerprint density at radius 3 is 2.68 bits per heavy atom. The van der Waals surface area contributed by atoms with Crippen LogP contribution < -0.4 is 5.32 Å². The highest BCUT2D eigenvalue weighted by Gasteiger charge is 2.34. The fraction of sp³-hybridized carbons (Fsp3) is 0.611. The topological polar surface area (TPSA) is 30.9 Å². The lowest BCUT2D eigenvalue weighted by Crippen LogP contribution is -2.41. The fourth-order valence-corrected chi connectivity index (χ4v) is 3.73. The average Bonchev–Trinajstić information content (AvgIpc) is 3.31. The molecule has 0 amide bonds. The summed E-state index contributed by atoms with van der Waals surface area (Å²) in [5, 5.41) is 4.71. The van der Waals surface area contributed by atoms with Gasteiger partial charge in [0.1, 0.15) is 0 Å². The molecule has 2 fully saturated rings. The summed E-state index contributed by atoms with van der Waals surface area (Å²) >= 11 is 12.1. The van der Waals surface area contributed by atoms with Gasteiger partial charge in [-0.2, -0.15) is 0 Å². The molecular formula is C18H27Cl2IN4. The maximum atomic E-state index is 6.10. The smallest absolute Gasteiger partial charge is 0.193 e. The summed E-state index contributed by atoms with van der Waals surface area (Å²) in [5.41, 5.74) is 1.12. The van der Waals surface area contributed by atoms with E-state index in [1.54, 1.807) is 0 Å². The molecule has 1 aromatic rings. The number of hydrogen-bond acceptors (Lipinski definition) is 2. The van der Waals surface area contributed by atoms with Gasteiger partial charge in [-0.15, -0.1) is 24.0 Å². The molecule has 1 saturated carbocycles. The summed E-state index contributed by atoms with van der Waals surface area (Å²) in [6.45, 7) is 4.22. The Balaban J connectivity index is 0.00000225. The molecule has 1 N–H and O–H groups in total. The zero-order valence-electron chi connectivity index (χ0n) is 14.8. The van der Waals surface area contributed by atoms with E-state index in [4.69, 9.17) is 23.2 Å². The van der Waals surface area contributed by atoms with E-state index in [9.17, 15) is 0 Å². The van der Waals surface area contributed by atoms with Gasteiger partial charge in [0.15, 0.2) is 5.96 Å². The van der Waals surface area contributed by atoms with E-state index in [-0.39, 0.29) is 24.0 Å². The zero-order valence-corrected chi connectivity index (χ0v) is 18.7. The lowest BCUT2D eigenvalue weighted by Gasteiger charge is -2.24. The third-order valence-electron chi connectivity index (χ3n) is 4.91. The molecule has 1 aliphatic heterocycles. The monoisotopic (exact) mass is 496 g/mol. The van der Waals surface area contributed by atoms with Crippen LogP contribution in [0.4, 0.5) is 0 Å². The molecule has 1 aromatic carbocycles. The lowest BCUT2D eigenvalue weighted by atomic mass is 10.1. The second-order valence-corrected chi connectivity index (χ2v) is 7.73. The third-order valence-corrected chi connectivity index (χ3v) is 5.65. The highest BCUT2D eigenvalue weighted by atomic mass is 127. The van der Waals surface area contributed by atoms with Gasteiger partial charge in [0.25, 0.3) is 0 Å². The Kier molecular flexibility index (Phi) is 8.11. The maximum Gasteiger partial charge on any atom is 0.193 e. The molecule has 2 aliphatic rings. The Morgan fingerprint density at radius 2 is 2.04 bits per heavy atom. The van der Waals surface area contributed by atoms with Crippen molar-refractivity contribution in [2.75, 3.05) is 33.7 Å². The van der Waals surface area contributed by atoms with E-state index >= 15 is 0 Å². The second-order valence-electron chi connectivity index (χ2n) is 6.91. The first-order chi connectivity index (χ1) is 11.6. The number of aliphatic imine (C=N–C) groups is 1. The first-order valence-electron chi connectivity index (χ1n) is 8.66. The van der Waals surface area contributed by atoms with Gasteiger partial charge >= 0.3 is 0 Å². The van der Waals surface area contributed by atoms with Crippen LogP contribution in [0, 0.1) is 5.92 Å². The predicted octanol–water partition coefficient (Wildman–Crippen LogP) is 4.10. The van der Waals surface area contributed by atoms with Crippen molar-refractivity contribution >= 4 is 53.1 Å². The van der Waals surface area contributed by atoms with Gasteiger partial charge in [-0.3, -0.25) is 4.99 Å². The summed E-state index contributed by atoms with van der Waals surface area (Å²) in [6.07, 6.45) is 4.08. The van der Waals surface area contributed by atoms with Crippen LogP contribution in [0.1, 0.15) is 24.8 Å². The van der Waals surface area contributed by atoms with E-state index in [0.717, 1.165) is 36.6 Å². The quantitative estimate of drug-likeness (QED) is 0.378. The van der Waals surface area contributed by atoms with Crippen molar-refractivity contribution in [2.45, 2.75) is 31.8 Å². The summed E-state index contributed by atoms with van der Waals surface area (Å²) in [5.74, 6) is 1.65. The Morgan fingerprint density at radius 1 is 1.28 bits per heavy atom. The van der Waals surface area contributed by atoms with Crippen LogP contribution in [-0.4, -0.2) is 55.5 Å². The largest absolute Gasteiger partial charge is 0.356 e. The molecule has 0 bridgehead atoms. The average molecular weight is 497 g/mol. The van der Waals surface area contributed by atoms with Gasteiger partial charge in [0.05, 0.1) is 10.0 Å². The molecule has 25 heavy (non-hydrogen) atoms. The molecule has 1 saturated heterocycles. The predicted molar refractivity (Wildman–Crippen MR) is 117 cm³/mol. The molecule has 1 atom stereocenters. The first kappa shape index (κ1) is 21.1. The van der Waals surface area contributed by atoms with Crippen molar-refractivity contribution in [1.29, 1.82) is 0 Å². The van der Waals surface area contributed by atoms with Gasteiger partial charge in [-0.1, -0.05) is 29.3 Å². The van der Waals surface area contributed by atoms with Crippen molar-refractivity contribution in [2.24, 2.45) is 10.9 Å². The first-order valence-corrected chi connectivity index (χ1v) is 9.42. The maximum absolute atomic E-state index is 6.10. The Hall–Kier alpha value is -0.240. The fourth-order valence-electron chi connectivity index (χ4n) is 3.41. The number of likely N-dealkylation sites (tertiary alicyclic amines) is 1. The van der Waals surface area contributed by atoms with E-state index in [0.29, 0.717) is 10.0 Å². The van der Waals surface area contributed by atoms with Crippen molar-refractivity contribution < 1.29 is 0 Å². The molecule has 1 heterocycles. The van der Waals surface area contributed by atoms with Gasteiger partial charge in [0.2, 0.25) is 0 Å². The highest BCUT2D eigenvalue weighted by molar-refractivity contribution is 14.0. The number of hydrogen-bond donors (Lipinski definition) is 1. The molecule has 1 unspecified atom stereocenters. The molecule has 7 heteroatoms.